The van der Waals surface area contributed by atoms with Crippen molar-refractivity contribution < 1.29 is 18.3 Å². The Morgan fingerprint density at radius 1 is 1.05 bits per heavy atom. The number of hydrogen-bond donors (Lipinski definition) is 1. The van der Waals surface area contributed by atoms with Gasteiger partial charge in [0.25, 0.3) is 10.0 Å². The first-order valence-electron chi connectivity index (χ1n) is 5.78. The molecule has 2 rings (SSSR count). The lowest BCUT2D eigenvalue weighted by Gasteiger charge is -1.99. The van der Waals surface area contributed by atoms with Crippen LogP contribution in [0.5, 0.6) is 0 Å². The summed E-state index contributed by atoms with van der Waals surface area (Å²) in [6.45, 7) is 0. The lowest BCUT2D eigenvalue weighted by Crippen LogP contribution is -1.98. The van der Waals surface area contributed by atoms with Gasteiger partial charge in [-0.3, -0.25) is 0 Å². The Morgan fingerprint density at radius 2 is 1.62 bits per heavy atom. The van der Waals surface area contributed by atoms with Gasteiger partial charge in [0.1, 0.15) is 0 Å². The molecule has 0 spiro atoms. The molecule has 0 fully saturated rings. The highest BCUT2D eigenvalue weighted by Gasteiger charge is 2.11. The third-order valence-corrected chi connectivity index (χ3v) is 4.39. The lowest BCUT2D eigenvalue weighted by molar-refractivity contribution is 0.0697. The van der Waals surface area contributed by atoms with Crippen molar-refractivity contribution >= 4 is 38.1 Å². The lowest BCUT2D eigenvalue weighted by atomic mass is 10.1. The van der Waals surface area contributed by atoms with E-state index in [4.69, 9.17) is 5.11 Å². The van der Waals surface area contributed by atoms with Gasteiger partial charge in [-0.25, -0.2) is 4.79 Å². The van der Waals surface area contributed by atoms with Crippen LogP contribution >= 0.6 is 15.9 Å². The largest absolute Gasteiger partial charge is 0.478 e. The van der Waals surface area contributed by atoms with Crippen molar-refractivity contribution in [2.75, 3.05) is 0 Å². The molecule has 0 saturated carbocycles. The summed E-state index contributed by atoms with van der Waals surface area (Å²) >= 11 is 3.23. The van der Waals surface area contributed by atoms with E-state index in [1.165, 1.54) is 42.6 Å². The van der Waals surface area contributed by atoms with Gasteiger partial charge in [-0.15, -0.1) is 0 Å². The Morgan fingerprint density at radius 3 is 2.14 bits per heavy atom. The molecule has 0 amide bonds. The molecule has 0 aliphatic heterocycles. The smallest absolute Gasteiger partial charge is 0.335 e. The second kappa shape index (κ2) is 6.19. The molecule has 0 aliphatic carbocycles. The summed E-state index contributed by atoms with van der Waals surface area (Å²) < 4.78 is 28.3. The zero-order chi connectivity index (χ0) is 15.5. The summed E-state index contributed by atoms with van der Waals surface area (Å²) in [4.78, 5) is 10.8. The van der Waals surface area contributed by atoms with Crippen molar-refractivity contribution in [2.24, 2.45) is 4.40 Å². The van der Waals surface area contributed by atoms with E-state index in [0.29, 0.717) is 5.56 Å². The summed E-state index contributed by atoms with van der Waals surface area (Å²) in [7, 11) is -3.77. The van der Waals surface area contributed by atoms with E-state index in [9.17, 15) is 13.2 Å². The van der Waals surface area contributed by atoms with Gasteiger partial charge in [-0.05, 0) is 42.0 Å². The summed E-state index contributed by atoms with van der Waals surface area (Å²) in [6.07, 6.45) is 1.18. The Hall–Kier alpha value is -1.99. The van der Waals surface area contributed by atoms with Crippen LogP contribution in [0.1, 0.15) is 15.9 Å². The molecule has 0 atom stereocenters. The van der Waals surface area contributed by atoms with Crippen LogP contribution in [0.4, 0.5) is 0 Å². The number of halogens is 1. The van der Waals surface area contributed by atoms with Gasteiger partial charge in [0.05, 0.1) is 10.5 Å². The molecule has 5 nitrogen and oxygen atoms in total. The van der Waals surface area contributed by atoms with Crippen LogP contribution in [-0.2, 0) is 10.0 Å². The molecule has 0 heterocycles. The van der Waals surface area contributed by atoms with Gasteiger partial charge in [0.15, 0.2) is 0 Å². The number of rotatable bonds is 4. The van der Waals surface area contributed by atoms with Crippen LogP contribution in [0, 0.1) is 0 Å². The maximum absolute atomic E-state index is 12.0. The van der Waals surface area contributed by atoms with E-state index in [0.717, 1.165) is 4.47 Å². The minimum atomic E-state index is -3.77. The number of carboxylic acids is 1. The molecule has 0 unspecified atom stereocenters. The first-order chi connectivity index (χ1) is 9.88. The zero-order valence-corrected chi connectivity index (χ0v) is 13.0. The molecule has 7 heteroatoms. The fourth-order valence-corrected chi connectivity index (χ4v) is 2.64. The standard InChI is InChI=1S/C14H10BrNO4S/c15-12-5-7-13(8-6-12)21(19,20)16-9-10-1-3-11(4-2-10)14(17)18/h1-9H,(H,17,18). The maximum Gasteiger partial charge on any atom is 0.335 e. The maximum atomic E-state index is 12.0. The van der Waals surface area contributed by atoms with Crippen LogP contribution in [-0.4, -0.2) is 25.7 Å². The number of carbonyl (C=O) groups is 1. The first-order valence-corrected chi connectivity index (χ1v) is 8.01. The second-order valence-electron chi connectivity index (χ2n) is 4.09. The molecule has 0 radical (unpaired) electrons. The molecule has 2 aromatic carbocycles. The predicted octanol–water partition coefficient (Wildman–Crippen LogP) is 2.96. The zero-order valence-electron chi connectivity index (χ0n) is 10.6. The third-order valence-electron chi connectivity index (χ3n) is 2.61. The van der Waals surface area contributed by atoms with Gasteiger partial charge >= 0.3 is 5.97 Å². The average Bonchev–Trinajstić information content (AvgIpc) is 2.46. The van der Waals surface area contributed by atoms with Crippen molar-refractivity contribution in [2.45, 2.75) is 4.90 Å². The Labute approximate surface area is 130 Å². The summed E-state index contributed by atoms with van der Waals surface area (Å²) in [5.74, 6) is -1.04. The summed E-state index contributed by atoms with van der Waals surface area (Å²) in [6, 6.07) is 11.9. The Kier molecular flexibility index (Phi) is 4.54. The van der Waals surface area contributed by atoms with E-state index in [1.54, 1.807) is 12.1 Å². The fraction of sp³-hybridized carbons (Fsp3) is 0. The number of benzene rings is 2. The molecule has 0 saturated heterocycles. The van der Waals surface area contributed by atoms with Crippen molar-refractivity contribution in [3.63, 3.8) is 0 Å². The minimum Gasteiger partial charge on any atom is -0.478 e. The molecule has 21 heavy (non-hydrogen) atoms. The molecule has 0 bridgehead atoms. The quantitative estimate of drug-likeness (QED) is 0.841. The van der Waals surface area contributed by atoms with Crippen LogP contribution in [0.3, 0.4) is 0 Å². The van der Waals surface area contributed by atoms with Gasteiger partial charge in [0.2, 0.25) is 0 Å². The van der Waals surface area contributed by atoms with E-state index >= 15 is 0 Å². The number of nitrogens with zero attached hydrogens (tertiary/aromatic N) is 1. The Bertz CT molecular complexity index is 781. The highest BCUT2D eigenvalue weighted by atomic mass is 79.9. The van der Waals surface area contributed by atoms with E-state index in [2.05, 4.69) is 20.3 Å². The number of hydrogen-bond acceptors (Lipinski definition) is 3. The summed E-state index contributed by atoms with van der Waals surface area (Å²) in [5, 5.41) is 8.77. The van der Waals surface area contributed by atoms with Crippen molar-refractivity contribution in [1.29, 1.82) is 0 Å². The molecule has 0 aliphatic rings. The molecular weight excluding hydrogens is 358 g/mol. The van der Waals surface area contributed by atoms with Crippen molar-refractivity contribution in [3.8, 4) is 0 Å². The van der Waals surface area contributed by atoms with Crippen LogP contribution in [0.2, 0.25) is 0 Å². The van der Waals surface area contributed by atoms with Gasteiger partial charge < -0.3 is 5.11 Å². The van der Waals surface area contributed by atoms with Gasteiger partial charge in [-0.2, -0.15) is 12.8 Å². The first kappa shape index (κ1) is 15.4. The van der Waals surface area contributed by atoms with E-state index in [1.807, 2.05) is 0 Å². The molecule has 108 valence electrons. The SMILES string of the molecule is O=C(O)c1ccc(C=NS(=O)(=O)c2ccc(Br)cc2)cc1. The minimum absolute atomic E-state index is 0.0871. The second-order valence-corrected chi connectivity index (χ2v) is 6.64. The number of sulfonamides is 1. The van der Waals surface area contributed by atoms with E-state index in [-0.39, 0.29) is 10.5 Å². The highest BCUT2D eigenvalue weighted by molar-refractivity contribution is 9.10. The average molecular weight is 368 g/mol. The molecular formula is C14H10BrNO4S. The molecule has 1 N–H and O–H groups in total. The van der Waals surface area contributed by atoms with Crippen LogP contribution in [0.25, 0.3) is 0 Å². The van der Waals surface area contributed by atoms with Gasteiger partial charge in [0, 0.05) is 10.7 Å². The topological polar surface area (TPSA) is 83.8 Å². The molecule has 2 aromatic rings. The Balaban J connectivity index is 2.23. The predicted molar refractivity (Wildman–Crippen MR) is 82.3 cm³/mol. The number of carboxylic acid groups (broad SMARTS) is 1. The highest BCUT2D eigenvalue weighted by Crippen LogP contribution is 2.16. The number of aromatic carboxylic acids is 1. The monoisotopic (exact) mass is 367 g/mol. The molecule has 0 aromatic heterocycles. The van der Waals surface area contributed by atoms with Crippen LogP contribution < -0.4 is 0 Å². The van der Waals surface area contributed by atoms with Crippen LogP contribution in [0.15, 0.2) is 62.3 Å². The fourth-order valence-electron chi connectivity index (χ4n) is 1.51. The third kappa shape index (κ3) is 3.99. The van der Waals surface area contributed by atoms with Crippen molar-refractivity contribution in [1.82, 2.24) is 0 Å². The van der Waals surface area contributed by atoms with E-state index < -0.39 is 16.0 Å². The van der Waals surface area contributed by atoms with Gasteiger partial charge in [-0.1, -0.05) is 28.1 Å². The van der Waals surface area contributed by atoms with Crippen molar-refractivity contribution in [3.05, 3.63) is 64.1 Å². The summed E-state index contributed by atoms with van der Waals surface area (Å²) in [5.41, 5.74) is 0.628. The normalized spacial score (nSPS) is 11.7.